The van der Waals surface area contributed by atoms with Gasteiger partial charge in [-0.2, -0.15) is 0 Å². The molecule has 21 aromatic rings. The summed E-state index contributed by atoms with van der Waals surface area (Å²) in [6, 6.07) is 110. The third-order valence-electron chi connectivity index (χ3n) is 23.7. The fraction of sp³-hybridized carbons (Fsp3) is 0.0625. The Kier molecular flexibility index (Phi) is 11.1. The van der Waals surface area contributed by atoms with Crippen molar-refractivity contribution < 1.29 is 0 Å². The van der Waals surface area contributed by atoms with Gasteiger partial charge in [0.15, 0.2) is 5.82 Å². The maximum absolute atomic E-state index is 5.71. The summed E-state index contributed by atoms with van der Waals surface area (Å²) in [4.78, 5) is 22.5. The number of aromatic nitrogens is 6. The summed E-state index contributed by atoms with van der Waals surface area (Å²) in [7, 11) is 0. The third kappa shape index (κ3) is 7.27. The van der Waals surface area contributed by atoms with E-state index < -0.39 is 5.41 Å². The maximum Gasteiger partial charge on any atom is 0.235 e. The first kappa shape index (κ1) is 56.0. The van der Waals surface area contributed by atoms with Crippen LogP contribution in [-0.4, -0.2) is 29.1 Å². The van der Waals surface area contributed by atoms with Crippen molar-refractivity contribution in [3.8, 4) is 45.5 Å². The first-order chi connectivity index (χ1) is 50.3. The van der Waals surface area contributed by atoms with Gasteiger partial charge in [-0.15, -0.1) is 0 Å². The Hall–Kier alpha value is -12.9. The number of fused-ring (bicyclic) bond motifs is 30. The van der Waals surface area contributed by atoms with Gasteiger partial charge in [0.1, 0.15) is 0 Å². The average molecular weight is 1300 g/mol. The van der Waals surface area contributed by atoms with E-state index in [1.54, 1.807) is 0 Å². The summed E-state index contributed by atoms with van der Waals surface area (Å²) in [6.45, 7) is 7.10. The molecule has 0 amide bonds. The van der Waals surface area contributed by atoms with Crippen molar-refractivity contribution in [2.24, 2.45) is 0 Å². The minimum absolute atomic E-state index is 0.214. The lowest BCUT2D eigenvalue weighted by Gasteiger charge is -2.38. The predicted molar refractivity (Wildman–Crippen MR) is 426 cm³/mol. The van der Waals surface area contributed by atoms with Crippen LogP contribution in [0.4, 0.5) is 0 Å². The van der Waals surface area contributed by atoms with Crippen LogP contribution in [0.1, 0.15) is 48.6 Å². The third-order valence-corrected chi connectivity index (χ3v) is 23.7. The van der Waals surface area contributed by atoms with Crippen LogP contribution in [0.15, 0.2) is 297 Å². The van der Waals surface area contributed by atoms with Gasteiger partial charge in [0.05, 0.1) is 44.5 Å². The zero-order chi connectivity index (χ0) is 67.0. The maximum atomic E-state index is 5.71. The van der Waals surface area contributed by atoms with E-state index in [1.807, 2.05) is 0 Å². The number of para-hydroxylation sites is 2. The molecular weight excluding hydrogens is 1240 g/mol. The van der Waals surface area contributed by atoms with Crippen molar-refractivity contribution in [1.82, 2.24) is 29.1 Å². The summed E-state index contributed by atoms with van der Waals surface area (Å²) in [5, 5.41) is 27.1. The van der Waals surface area contributed by atoms with Gasteiger partial charge >= 0.3 is 0 Å². The smallest absolute Gasteiger partial charge is 0.235 e. The van der Waals surface area contributed by atoms with E-state index in [4.69, 9.17) is 19.9 Å². The summed E-state index contributed by atoms with van der Waals surface area (Å²) in [5.74, 6) is 1.38. The van der Waals surface area contributed by atoms with Gasteiger partial charge in [-0.3, -0.25) is 4.57 Å². The second kappa shape index (κ2) is 20.2. The number of nitrogens with zero attached hydrogens (tertiary/aromatic N) is 6. The minimum atomic E-state index is -0.444. The van der Waals surface area contributed by atoms with Gasteiger partial charge < -0.3 is 4.57 Å². The molecule has 474 valence electrons. The highest BCUT2D eigenvalue weighted by atomic mass is 15.2. The molecule has 2 aliphatic rings. The molecule has 0 bridgehead atoms. The highest BCUT2D eigenvalue weighted by molar-refractivity contribution is 6.44. The highest BCUT2D eigenvalue weighted by Gasteiger charge is 2.40. The van der Waals surface area contributed by atoms with Crippen LogP contribution in [0, 0.1) is 0 Å². The highest BCUT2D eigenvalue weighted by Crippen LogP contribution is 2.55. The quantitative estimate of drug-likeness (QED) is 0.161. The Labute approximate surface area is 585 Å². The van der Waals surface area contributed by atoms with Crippen LogP contribution in [-0.2, 0) is 17.3 Å². The van der Waals surface area contributed by atoms with Crippen LogP contribution in [0.3, 0.4) is 0 Å². The fourth-order valence-corrected chi connectivity index (χ4v) is 19.4. The fourth-order valence-electron chi connectivity index (χ4n) is 19.4. The molecule has 0 saturated carbocycles. The van der Waals surface area contributed by atoms with Gasteiger partial charge in [-0.1, -0.05) is 269 Å². The van der Waals surface area contributed by atoms with Crippen LogP contribution >= 0.6 is 0 Å². The standard InChI is InChI=1S/C96H60N6/c1-95(2)73-38-18-14-34-68(73)90-87-75(95)40-22-43-78(87)98-94(100-90)102-80-45-21-17-37-71(80)86-84-65-51-46-54(52-72(65)59-26-6-8-28-61(59)82(84)64-31-11-13-33-67(64)92(86)102)53-96(3)74-39-19-15-35-69(74)89-88-76(96)41-23-42-77(88)97-93(99-89)55-47-49-56(50-48-55)101-79-44-20-16-36-70(79)85-83-62-29-9-5-25-58(62)57-24-4-7-27-60(57)81(83)63-30-10-12-32-66(63)91(85)101/h4-52H,53H2,1-3H3. The second-order valence-electron chi connectivity index (χ2n) is 29.2. The van der Waals surface area contributed by atoms with Gasteiger partial charge in [-0.25, -0.2) is 19.9 Å². The Morgan fingerprint density at radius 2 is 0.716 bits per heavy atom. The summed E-state index contributed by atoms with van der Waals surface area (Å²) >= 11 is 0. The van der Waals surface area contributed by atoms with Crippen molar-refractivity contribution in [3.05, 3.63) is 325 Å². The molecule has 0 spiro atoms. The van der Waals surface area contributed by atoms with Gasteiger partial charge in [0.2, 0.25) is 5.95 Å². The molecule has 1 atom stereocenters. The normalized spacial score (nSPS) is 14.8. The second-order valence-corrected chi connectivity index (χ2v) is 29.2. The molecule has 17 aromatic carbocycles. The lowest BCUT2D eigenvalue weighted by Crippen LogP contribution is -2.30. The summed E-state index contributed by atoms with van der Waals surface area (Å²) in [5.41, 5.74) is 18.4. The number of benzene rings is 17. The lowest BCUT2D eigenvalue weighted by atomic mass is 9.66. The largest absolute Gasteiger partial charge is 0.309 e. The molecule has 102 heavy (non-hydrogen) atoms. The van der Waals surface area contributed by atoms with E-state index in [-0.39, 0.29) is 5.41 Å². The van der Waals surface area contributed by atoms with E-state index in [0.29, 0.717) is 11.8 Å². The molecule has 2 aliphatic carbocycles. The zero-order valence-corrected chi connectivity index (χ0v) is 56.2. The van der Waals surface area contributed by atoms with Crippen LogP contribution in [0.5, 0.6) is 0 Å². The summed E-state index contributed by atoms with van der Waals surface area (Å²) < 4.78 is 4.86. The van der Waals surface area contributed by atoms with E-state index in [9.17, 15) is 0 Å². The summed E-state index contributed by atoms with van der Waals surface area (Å²) in [6.07, 6.45) is 0.755. The number of hydrogen-bond donors (Lipinski definition) is 0. The van der Waals surface area contributed by atoms with Crippen molar-refractivity contribution in [2.75, 3.05) is 0 Å². The zero-order valence-electron chi connectivity index (χ0n) is 56.2. The van der Waals surface area contributed by atoms with Crippen LogP contribution in [0.2, 0.25) is 0 Å². The minimum Gasteiger partial charge on any atom is -0.309 e. The van der Waals surface area contributed by atoms with Gasteiger partial charge in [0.25, 0.3) is 0 Å². The van der Waals surface area contributed by atoms with Gasteiger partial charge in [0, 0.05) is 87.1 Å². The molecule has 4 heterocycles. The lowest BCUT2D eigenvalue weighted by molar-refractivity contribution is 0.570. The molecule has 0 fully saturated rings. The molecule has 0 radical (unpaired) electrons. The monoisotopic (exact) mass is 1300 g/mol. The number of rotatable bonds is 5. The molecule has 6 heteroatoms. The first-order valence-corrected chi connectivity index (χ1v) is 35.6. The average Bonchev–Trinajstić information content (AvgIpc) is 1.46. The molecule has 0 aliphatic heterocycles. The molecule has 4 aromatic heterocycles. The first-order valence-electron chi connectivity index (χ1n) is 35.6. The molecule has 23 rings (SSSR count). The Morgan fingerprint density at radius 3 is 1.33 bits per heavy atom. The van der Waals surface area contributed by atoms with Crippen LogP contribution < -0.4 is 0 Å². The van der Waals surface area contributed by atoms with E-state index >= 15 is 0 Å². The van der Waals surface area contributed by atoms with Crippen LogP contribution in [0.25, 0.3) is 197 Å². The molecule has 1 unspecified atom stereocenters. The molecule has 0 N–H and O–H groups in total. The Bertz CT molecular complexity index is 7400. The van der Waals surface area contributed by atoms with Crippen molar-refractivity contribution in [3.63, 3.8) is 0 Å². The molecule has 0 saturated heterocycles. The van der Waals surface area contributed by atoms with Gasteiger partial charge in [-0.05, 0) is 147 Å². The van der Waals surface area contributed by atoms with E-state index in [0.717, 1.165) is 73.0 Å². The van der Waals surface area contributed by atoms with Crippen molar-refractivity contribution in [2.45, 2.75) is 38.0 Å². The van der Waals surface area contributed by atoms with E-state index in [1.165, 1.54) is 147 Å². The molecule has 6 nitrogen and oxygen atoms in total. The van der Waals surface area contributed by atoms with Crippen molar-refractivity contribution >= 4 is 152 Å². The number of hydrogen-bond acceptors (Lipinski definition) is 4. The molecular formula is C96H60N6. The topological polar surface area (TPSA) is 61.4 Å². The SMILES string of the molecule is CC1(C)c2ccccc2-c2nc(-n3c4ccccc4c4c5c6ccc(CC7(C)c8ccccc8-c8nc(-c9ccc(-n%10c%11ccccc%11c%11c%12c%13ccccc%13c%13ccccc%13c%12c%12ccccc%12c%11%10)cc9)nc9cccc7c89)cc6c6ccccc6c5c5ccccc5c43)nc3cccc1c23. The Morgan fingerprint density at radius 1 is 0.284 bits per heavy atom. The Balaban J connectivity index is 0.679. The predicted octanol–water partition coefficient (Wildman–Crippen LogP) is 24.5. The van der Waals surface area contributed by atoms with Crippen molar-refractivity contribution in [1.29, 1.82) is 0 Å². The van der Waals surface area contributed by atoms with E-state index in [2.05, 4.69) is 327 Å².